The van der Waals surface area contributed by atoms with Crippen LogP contribution in [0.25, 0.3) is 0 Å². The summed E-state index contributed by atoms with van der Waals surface area (Å²) < 4.78 is 19.0. The predicted molar refractivity (Wildman–Crippen MR) is 133 cm³/mol. The van der Waals surface area contributed by atoms with Crippen LogP contribution in [0.4, 0.5) is 0 Å². The fourth-order valence-electron chi connectivity index (χ4n) is 5.90. The van der Waals surface area contributed by atoms with Crippen molar-refractivity contribution in [2.75, 3.05) is 13.2 Å². The fourth-order valence-corrected chi connectivity index (χ4v) is 13.8. The minimum absolute atomic E-state index is 0.00625. The zero-order valence-corrected chi connectivity index (χ0v) is 23.1. The first kappa shape index (κ1) is 27.1. The molecule has 0 amide bonds. The Bertz CT molecular complexity index is 496. The molecule has 0 saturated heterocycles. The third-order valence-electron chi connectivity index (χ3n) is 7.96. The molecule has 0 bridgehead atoms. The topological polar surface area (TPSA) is 44.8 Å². The van der Waals surface area contributed by atoms with Crippen LogP contribution in [0.2, 0.25) is 22.2 Å². The molecule has 6 heteroatoms. The highest BCUT2D eigenvalue weighted by Gasteiger charge is 2.56. The highest BCUT2D eigenvalue weighted by molar-refractivity contribution is 6.78. The lowest BCUT2D eigenvalue weighted by Crippen LogP contribution is -2.52. The fraction of sp³-hybridized carbons (Fsp3) is 0.960. The summed E-state index contributed by atoms with van der Waals surface area (Å²) in [5, 5.41) is -0.643. The van der Waals surface area contributed by atoms with E-state index < -0.39 is 22.6 Å². The van der Waals surface area contributed by atoms with Gasteiger partial charge in [-0.2, -0.15) is 0 Å². The summed E-state index contributed by atoms with van der Waals surface area (Å²) in [6, 6.07) is 1.18. The molecule has 4 nitrogen and oxygen atoms in total. The van der Waals surface area contributed by atoms with Gasteiger partial charge in [0.25, 0.3) is 14.3 Å². The average Bonchev–Trinajstić information content (AvgIpc) is 3.50. The molecule has 0 aromatic heterocycles. The number of hydrogen-bond acceptors (Lipinski definition) is 4. The van der Waals surface area contributed by atoms with Crippen LogP contribution in [0.15, 0.2) is 0 Å². The molecular formula is C25H49O4Si2. The predicted octanol–water partition coefficient (Wildman–Crippen LogP) is 7.68. The third kappa shape index (κ3) is 6.67. The Morgan fingerprint density at radius 2 is 1.39 bits per heavy atom. The maximum Gasteiger partial charge on any atom is 0.402 e. The van der Waals surface area contributed by atoms with E-state index in [4.69, 9.17) is 13.3 Å². The summed E-state index contributed by atoms with van der Waals surface area (Å²) in [7, 11) is -3.94. The van der Waals surface area contributed by atoms with E-state index in [9.17, 15) is 4.79 Å². The molecule has 0 aliphatic heterocycles. The van der Waals surface area contributed by atoms with Gasteiger partial charge in [-0.05, 0) is 70.0 Å². The zero-order chi connectivity index (χ0) is 22.7. The lowest BCUT2D eigenvalue weighted by molar-refractivity contribution is -0.140. The van der Waals surface area contributed by atoms with Gasteiger partial charge in [-0.1, -0.05) is 65.2 Å². The van der Waals surface area contributed by atoms with Gasteiger partial charge in [-0.25, -0.2) is 0 Å². The average molecular weight is 470 g/mol. The van der Waals surface area contributed by atoms with Crippen molar-refractivity contribution in [3.05, 3.63) is 0 Å². The Morgan fingerprint density at radius 1 is 0.871 bits per heavy atom. The van der Waals surface area contributed by atoms with E-state index >= 15 is 0 Å². The molecule has 0 spiro atoms. The van der Waals surface area contributed by atoms with E-state index in [0.717, 1.165) is 6.42 Å². The first-order valence-corrected chi connectivity index (χ1v) is 16.9. The largest absolute Gasteiger partial charge is 0.518 e. The van der Waals surface area contributed by atoms with Crippen molar-refractivity contribution in [3.8, 4) is 0 Å². The number of hydrogen-bond donors (Lipinski definition) is 0. The molecule has 2 saturated carbocycles. The molecule has 0 aromatic rings. The van der Waals surface area contributed by atoms with Gasteiger partial charge >= 0.3 is 9.28 Å². The van der Waals surface area contributed by atoms with Gasteiger partial charge in [0.15, 0.2) is 0 Å². The number of carbonyl (C=O) groups is 1. The van der Waals surface area contributed by atoms with E-state index in [0.29, 0.717) is 24.3 Å². The Labute approximate surface area is 195 Å². The maximum absolute atomic E-state index is 14.0. The maximum atomic E-state index is 14.0. The van der Waals surface area contributed by atoms with Gasteiger partial charge in [-0.15, -0.1) is 0 Å². The van der Waals surface area contributed by atoms with Crippen molar-refractivity contribution in [2.24, 2.45) is 0 Å². The molecule has 0 heterocycles. The van der Waals surface area contributed by atoms with Crippen LogP contribution in [-0.2, 0) is 18.1 Å². The van der Waals surface area contributed by atoms with Crippen molar-refractivity contribution >= 4 is 23.6 Å². The van der Waals surface area contributed by atoms with Gasteiger partial charge in [0.2, 0.25) is 0 Å². The molecule has 181 valence electrons. The summed E-state index contributed by atoms with van der Waals surface area (Å²) >= 11 is 0. The zero-order valence-electron chi connectivity index (χ0n) is 21.1. The summed E-state index contributed by atoms with van der Waals surface area (Å²) in [5.74, 6) is 0.00625. The second-order valence-electron chi connectivity index (χ2n) is 9.96. The first-order valence-electron chi connectivity index (χ1n) is 13.3. The first-order chi connectivity index (χ1) is 15.0. The Kier molecular flexibility index (Phi) is 11.8. The lowest BCUT2D eigenvalue weighted by atomic mass is 10.1. The van der Waals surface area contributed by atoms with E-state index in [2.05, 4.69) is 20.8 Å². The van der Waals surface area contributed by atoms with Gasteiger partial charge in [0.1, 0.15) is 5.04 Å². The van der Waals surface area contributed by atoms with Crippen LogP contribution in [0.1, 0.15) is 118 Å². The summed E-state index contributed by atoms with van der Waals surface area (Å²) in [6.45, 7) is 11.6. The van der Waals surface area contributed by atoms with Crippen LogP contribution < -0.4 is 0 Å². The highest BCUT2D eigenvalue weighted by Crippen LogP contribution is 2.54. The van der Waals surface area contributed by atoms with Gasteiger partial charge in [0, 0.05) is 13.2 Å². The van der Waals surface area contributed by atoms with Crippen LogP contribution in [0, 0.1) is 0 Å². The molecule has 2 rings (SSSR count). The van der Waals surface area contributed by atoms with Crippen LogP contribution in [0.5, 0.6) is 0 Å². The van der Waals surface area contributed by atoms with E-state index in [1.807, 2.05) is 13.8 Å². The Balaban J connectivity index is 2.33. The minimum Gasteiger partial charge on any atom is -0.518 e. The lowest BCUT2D eigenvalue weighted by Gasteiger charge is -2.44. The standard InChI is InChI=1S/C25H49O4Si2/c1-6-10-11-16-21-31(22-17-12-13-18-22,23-19-14-15-20-23)29-24(26)25(5,7-2)30(27-8-3)28-9-4/h22-23H,6-21H2,1-5H3. The van der Waals surface area contributed by atoms with Crippen molar-refractivity contribution in [3.63, 3.8) is 0 Å². The number of carbonyl (C=O) groups excluding carboxylic acids is 1. The molecule has 1 unspecified atom stereocenters. The molecule has 1 radical (unpaired) electrons. The van der Waals surface area contributed by atoms with Gasteiger partial charge < -0.3 is 13.3 Å². The van der Waals surface area contributed by atoms with Crippen molar-refractivity contribution < 1.29 is 18.1 Å². The summed E-state index contributed by atoms with van der Waals surface area (Å²) in [5.41, 5.74) is 1.33. The molecular weight excluding hydrogens is 420 g/mol. The molecule has 0 N–H and O–H groups in total. The second kappa shape index (κ2) is 13.5. The Morgan fingerprint density at radius 3 is 1.81 bits per heavy atom. The minimum atomic E-state index is -2.20. The van der Waals surface area contributed by atoms with Crippen LogP contribution in [-0.4, -0.2) is 36.8 Å². The molecule has 0 aromatic carbocycles. The van der Waals surface area contributed by atoms with Gasteiger partial charge in [0.05, 0.1) is 0 Å². The van der Waals surface area contributed by atoms with Crippen LogP contribution >= 0.6 is 0 Å². The van der Waals surface area contributed by atoms with E-state index in [-0.39, 0.29) is 5.97 Å². The number of rotatable bonds is 15. The second-order valence-corrected chi connectivity index (χ2v) is 16.5. The molecule has 2 aliphatic carbocycles. The normalized spacial score (nSPS) is 20.5. The smallest absolute Gasteiger partial charge is 0.402 e. The molecule has 1 atom stereocenters. The van der Waals surface area contributed by atoms with E-state index in [1.54, 1.807) is 0 Å². The molecule has 2 aliphatic rings. The van der Waals surface area contributed by atoms with Crippen molar-refractivity contribution in [2.45, 2.75) is 140 Å². The summed E-state index contributed by atoms with van der Waals surface area (Å²) in [6.07, 6.45) is 16.2. The van der Waals surface area contributed by atoms with Gasteiger partial charge in [-0.3, -0.25) is 4.79 Å². The summed E-state index contributed by atoms with van der Waals surface area (Å²) in [4.78, 5) is 14.0. The van der Waals surface area contributed by atoms with E-state index in [1.165, 1.54) is 83.1 Å². The quantitative estimate of drug-likeness (QED) is 0.182. The highest BCUT2D eigenvalue weighted by atomic mass is 28.4. The number of unbranched alkanes of at least 4 members (excludes halogenated alkanes) is 3. The van der Waals surface area contributed by atoms with Crippen molar-refractivity contribution in [1.82, 2.24) is 0 Å². The third-order valence-corrected chi connectivity index (χ3v) is 16.1. The Hall–Kier alpha value is -0.176. The molecule has 31 heavy (non-hydrogen) atoms. The SMILES string of the molecule is CCCCCC[Si](OC(=O)C(C)(CC)[Si](OCC)OCC)(C1CCCC1)C1CCCC1. The van der Waals surface area contributed by atoms with Crippen molar-refractivity contribution in [1.29, 1.82) is 0 Å². The monoisotopic (exact) mass is 469 g/mol. The van der Waals surface area contributed by atoms with Crippen LogP contribution in [0.3, 0.4) is 0 Å². The molecule has 2 fully saturated rings.